The lowest BCUT2D eigenvalue weighted by molar-refractivity contribution is 0.00488. The van der Waals surface area contributed by atoms with Gasteiger partial charge in [0.15, 0.2) is 0 Å². The SMILES string of the molecule is O=C(NC1CC1)c1noc([C@@H]2CCCN2C[C@@H](O)CN2CCOCC2)n1. The minimum absolute atomic E-state index is 0.0238. The summed E-state index contributed by atoms with van der Waals surface area (Å²) in [6.07, 6.45) is 3.52. The van der Waals surface area contributed by atoms with E-state index in [1.165, 1.54) is 0 Å². The molecule has 3 fully saturated rings. The fraction of sp³-hybridized carbons (Fsp3) is 0.824. The molecule has 1 saturated carbocycles. The first-order valence-corrected chi connectivity index (χ1v) is 9.56. The smallest absolute Gasteiger partial charge is 0.292 e. The second-order valence-corrected chi connectivity index (χ2v) is 7.42. The van der Waals surface area contributed by atoms with Crippen LogP contribution in [0.25, 0.3) is 0 Å². The van der Waals surface area contributed by atoms with Crippen molar-refractivity contribution in [1.82, 2.24) is 25.3 Å². The number of aliphatic hydroxyl groups is 1. The van der Waals surface area contributed by atoms with Crippen LogP contribution in [0.1, 0.15) is 48.2 Å². The fourth-order valence-corrected chi connectivity index (χ4v) is 3.67. The minimum Gasteiger partial charge on any atom is -0.390 e. The van der Waals surface area contributed by atoms with Gasteiger partial charge < -0.3 is 19.7 Å². The standard InChI is InChI=1S/C17H27N5O4/c23-13(10-21-6-8-25-9-7-21)11-22-5-1-2-14(22)17-19-15(20-26-17)16(24)18-12-3-4-12/h12-14,23H,1-11H2,(H,18,24)/t13-,14-/m0/s1. The maximum Gasteiger partial charge on any atom is 0.292 e. The number of nitrogens with one attached hydrogen (secondary N) is 1. The number of hydrogen-bond donors (Lipinski definition) is 2. The van der Waals surface area contributed by atoms with Crippen molar-refractivity contribution < 1.29 is 19.2 Å². The average Bonchev–Trinajstić information content (AvgIpc) is 3.12. The topological polar surface area (TPSA) is 104 Å². The zero-order valence-electron chi connectivity index (χ0n) is 15.0. The van der Waals surface area contributed by atoms with Crippen molar-refractivity contribution in [3.63, 3.8) is 0 Å². The summed E-state index contributed by atoms with van der Waals surface area (Å²) in [5.41, 5.74) is 0. The van der Waals surface area contributed by atoms with E-state index in [9.17, 15) is 9.90 Å². The molecule has 4 rings (SSSR count). The monoisotopic (exact) mass is 365 g/mol. The Balaban J connectivity index is 1.32. The van der Waals surface area contributed by atoms with Crippen LogP contribution in [0.15, 0.2) is 4.52 Å². The number of rotatable bonds is 7. The number of morpholine rings is 1. The lowest BCUT2D eigenvalue weighted by Crippen LogP contribution is -2.44. The van der Waals surface area contributed by atoms with Crippen LogP contribution in [0.2, 0.25) is 0 Å². The van der Waals surface area contributed by atoms with Crippen LogP contribution in [-0.4, -0.2) is 89.0 Å². The van der Waals surface area contributed by atoms with Crippen molar-refractivity contribution >= 4 is 5.91 Å². The van der Waals surface area contributed by atoms with Crippen LogP contribution in [-0.2, 0) is 4.74 Å². The molecule has 0 unspecified atom stereocenters. The number of β-amino-alcohol motifs (C(OH)–C–C–N with tert-alkyl or cyclic N) is 1. The van der Waals surface area contributed by atoms with E-state index in [0.717, 1.165) is 58.5 Å². The van der Waals surface area contributed by atoms with Gasteiger partial charge in [0.05, 0.1) is 25.4 Å². The molecule has 9 nitrogen and oxygen atoms in total. The number of carbonyl (C=O) groups excluding carboxylic acids is 1. The Hall–Kier alpha value is -1.55. The Morgan fingerprint density at radius 2 is 2.04 bits per heavy atom. The Morgan fingerprint density at radius 1 is 1.23 bits per heavy atom. The number of nitrogens with zero attached hydrogens (tertiary/aromatic N) is 4. The third-order valence-corrected chi connectivity index (χ3v) is 5.22. The molecule has 2 aliphatic heterocycles. The average molecular weight is 365 g/mol. The highest BCUT2D eigenvalue weighted by molar-refractivity contribution is 5.90. The molecular weight excluding hydrogens is 338 g/mol. The number of ether oxygens (including phenoxy) is 1. The molecule has 26 heavy (non-hydrogen) atoms. The highest BCUT2D eigenvalue weighted by Crippen LogP contribution is 2.31. The first kappa shape index (κ1) is 17.8. The maximum absolute atomic E-state index is 12.0. The summed E-state index contributed by atoms with van der Waals surface area (Å²) in [5.74, 6) is 0.314. The quantitative estimate of drug-likeness (QED) is 0.684. The molecule has 1 aliphatic carbocycles. The second-order valence-electron chi connectivity index (χ2n) is 7.42. The van der Waals surface area contributed by atoms with Crippen LogP contribution in [0.3, 0.4) is 0 Å². The van der Waals surface area contributed by atoms with Crippen molar-refractivity contribution in [2.24, 2.45) is 0 Å². The molecule has 1 amide bonds. The summed E-state index contributed by atoms with van der Waals surface area (Å²) in [6.45, 7) is 5.28. The predicted octanol–water partition coefficient (Wildman–Crippen LogP) is -0.208. The number of carbonyl (C=O) groups is 1. The molecule has 2 saturated heterocycles. The zero-order chi connectivity index (χ0) is 17.9. The second kappa shape index (κ2) is 7.99. The molecule has 0 aromatic carbocycles. The van der Waals surface area contributed by atoms with Gasteiger partial charge in [-0.15, -0.1) is 0 Å². The number of aromatic nitrogens is 2. The molecule has 2 N–H and O–H groups in total. The third kappa shape index (κ3) is 4.40. The minimum atomic E-state index is -0.436. The van der Waals surface area contributed by atoms with Gasteiger partial charge in [-0.1, -0.05) is 5.16 Å². The van der Waals surface area contributed by atoms with Gasteiger partial charge in [-0.3, -0.25) is 14.6 Å². The molecule has 144 valence electrons. The van der Waals surface area contributed by atoms with E-state index in [0.29, 0.717) is 19.0 Å². The van der Waals surface area contributed by atoms with Gasteiger partial charge in [-0.05, 0) is 32.2 Å². The summed E-state index contributed by atoms with van der Waals surface area (Å²) in [7, 11) is 0. The number of amides is 1. The summed E-state index contributed by atoms with van der Waals surface area (Å²) >= 11 is 0. The maximum atomic E-state index is 12.0. The molecule has 0 radical (unpaired) electrons. The molecule has 0 spiro atoms. The first-order valence-electron chi connectivity index (χ1n) is 9.56. The molecule has 1 aromatic heterocycles. The number of likely N-dealkylation sites (tertiary alicyclic amines) is 1. The predicted molar refractivity (Wildman–Crippen MR) is 91.6 cm³/mol. The van der Waals surface area contributed by atoms with Crippen molar-refractivity contribution in [3.8, 4) is 0 Å². The van der Waals surface area contributed by atoms with Gasteiger partial charge in [0.2, 0.25) is 5.89 Å². The summed E-state index contributed by atoms with van der Waals surface area (Å²) in [5, 5.41) is 17.2. The van der Waals surface area contributed by atoms with Crippen molar-refractivity contribution in [1.29, 1.82) is 0 Å². The Labute approximate surface area is 152 Å². The van der Waals surface area contributed by atoms with Crippen molar-refractivity contribution in [2.45, 2.75) is 43.9 Å². The molecule has 1 aromatic rings. The summed E-state index contributed by atoms with van der Waals surface area (Å²) in [6, 6.07) is 0.243. The van der Waals surface area contributed by atoms with Crippen molar-refractivity contribution in [3.05, 3.63) is 11.7 Å². The summed E-state index contributed by atoms with van der Waals surface area (Å²) in [4.78, 5) is 20.8. The highest BCUT2D eigenvalue weighted by Gasteiger charge is 2.33. The molecule has 3 aliphatic rings. The Morgan fingerprint density at radius 3 is 2.81 bits per heavy atom. The van der Waals surface area contributed by atoms with Crippen LogP contribution >= 0.6 is 0 Å². The molecule has 9 heteroatoms. The van der Waals surface area contributed by atoms with E-state index in [1.54, 1.807) is 0 Å². The van der Waals surface area contributed by atoms with E-state index >= 15 is 0 Å². The van der Waals surface area contributed by atoms with E-state index in [2.05, 4.69) is 25.3 Å². The largest absolute Gasteiger partial charge is 0.390 e. The van der Waals surface area contributed by atoms with Crippen molar-refractivity contribution in [2.75, 3.05) is 45.9 Å². The zero-order valence-corrected chi connectivity index (χ0v) is 15.0. The summed E-state index contributed by atoms with van der Waals surface area (Å²) < 4.78 is 10.7. The third-order valence-electron chi connectivity index (χ3n) is 5.22. The molecular formula is C17H27N5O4. The number of hydrogen-bond acceptors (Lipinski definition) is 8. The van der Waals surface area contributed by atoms with Crippen LogP contribution in [0.4, 0.5) is 0 Å². The van der Waals surface area contributed by atoms with E-state index in [4.69, 9.17) is 9.26 Å². The Bertz CT molecular complexity index is 614. The van der Waals surface area contributed by atoms with Gasteiger partial charge in [-0.2, -0.15) is 4.98 Å². The van der Waals surface area contributed by atoms with E-state index in [-0.39, 0.29) is 23.8 Å². The highest BCUT2D eigenvalue weighted by atomic mass is 16.5. The lowest BCUT2D eigenvalue weighted by atomic mass is 10.2. The van der Waals surface area contributed by atoms with Gasteiger partial charge in [-0.25, -0.2) is 0 Å². The first-order chi connectivity index (χ1) is 12.7. The van der Waals surface area contributed by atoms with Gasteiger partial charge in [0.1, 0.15) is 0 Å². The van der Waals surface area contributed by atoms with Crippen LogP contribution < -0.4 is 5.32 Å². The van der Waals surface area contributed by atoms with Gasteiger partial charge in [0.25, 0.3) is 11.7 Å². The molecule has 2 atom stereocenters. The van der Waals surface area contributed by atoms with Gasteiger partial charge in [0, 0.05) is 32.2 Å². The van der Waals surface area contributed by atoms with E-state index < -0.39 is 6.10 Å². The fourth-order valence-electron chi connectivity index (χ4n) is 3.67. The lowest BCUT2D eigenvalue weighted by Gasteiger charge is -2.31. The molecule has 3 heterocycles. The van der Waals surface area contributed by atoms with Crippen LogP contribution in [0.5, 0.6) is 0 Å². The van der Waals surface area contributed by atoms with E-state index in [1.807, 2.05) is 0 Å². The molecule has 0 bridgehead atoms. The number of aliphatic hydroxyl groups excluding tert-OH is 1. The van der Waals surface area contributed by atoms with Crippen LogP contribution in [0, 0.1) is 0 Å². The Kier molecular flexibility index (Phi) is 5.49. The van der Waals surface area contributed by atoms with Gasteiger partial charge >= 0.3 is 0 Å². The normalized spacial score (nSPS) is 26.1.